The number of halogens is 2. The molecule has 1 N–H and O–H groups in total. The standard InChI is InChI=1S/C16H21BrFNO2/c1-19-15(14-12(17)3-2-4-13(14)18)11-5-7-21-16(9-11)6-8-20-10-16/h2-4,11,15,19H,5-10H2,1H3. The molecule has 21 heavy (non-hydrogen) atoms. The normalized spacial score (nSPS) is 30.7. The first-order chi connectivity index (χ1) is 10.2. The molecule has 5 heteroatoms. The SMILES string of the molecule is CNC(c1c(F)cccc1Br)C1CCOC2(CCOC2)C1. The van der Waals surface area contributed by atoms with Crippen molar-refractivity contribution in [3.05, 3.63) is 34.1 Å². The van der Waals surface area contributed by atoms with E-state index in [2.05, 4.69) is 21.2 Å². The third-order valence-electron chi connectivity index (χ3n) is 4.69. The van der Waals surface area contributed by atoms with Crippen LogP contribution in [0.25, 0.3) is 0 Å². The third-order valence-corrected chi connectivity index (χ3v) is 5.38. The molecule has 2 saturated heterocycles. The number of hydrogen-bond donors (Lipinski definition) is 1. The van der Waals surface area contributed by atoms with Crippen LogP contribution in [0.1, 0.15) is 30.9 Å². The van der Waals surface area contributed by atoms with Crippen LogP contribution in [0.2, 0.25) is 0 Å². The molecule has 1 spiro atoms. The summed E-state index contributed by atoms with van der Waals surface area (Å²) in [4.78, 5) is 0. The van der Waals surface area contributed by atoms with Gasteiger partial charge in [-0.3, -0.25) is 0 Å². The van der Waals surface area contributed by atoms with Gasteiger partial charge < -0.3 is 14.8 Å². The van der Waals surface area contributed by atoms with E-state index in [1.54, 1.807) is 6.07 Å². The number of nitrogens with one attached hydrogen (secondary N) is 1. The molecule has 2 heterocycles. The Morgan fingerprint density at radius 3 is 2.95 bits per heavy atom. The molecule has 0 amide bonds. The maximum atomic E-state index is 14.3. The predicted molar refractivity (Wildman–Crippen MR) is 82.7 cm³/mol. The lowest BCUT2D eigenvalue weighted by atomic mass is 9.79. The molecule has 3 unspecified atom stereocenters. The van der Waals surface area contributed by atoms with Gasteiger partial charge in [-0.25, -0.2) is 4.39 Å². The second-order valence-electron chi connectivity index (χ2n) is 5.99. The number of benzene rings is 1. The van der Waals surface area contributed by atoms with Crippen LogP contribution in [0.3, 0.4) is 0 Å². The number of ether oxygens (including phenoxy) is 2. The van der Waals surface area contributed by atoms with Crippen molar-refractivity contribution in [1.29, 1.82) is 0 Å². The van der Waals surface area contributed by atoms with Crippen molar-refractivity contribution in [3.63, 3.8) is 0 Å². The van der Waals surface area contributed by atoms with Gasteiger partial charge in [0, 0.05) is 35.7 Å². The highest BCUT2D eigenvalue weighted by Gasteiger charge is 2.43. The first-order valence-electron chi connectivity index (χ1n) is 7.48. The summed E-state index contributed by atoms with van der Waals surface area (Å²) in [5, 5.41) is 3.31. The highest BCUT2D eigenvalue weighted by Crippen LogP contribution is 2.42. The molecule has 2 fully saturated rings. The van der Waals surface area contributed by atoms with Crippen molar-refractivity contribution in [1.82, 2.24) is 5.32 Å². The summed E-state index contributed by atoms with van der Waals surface area (Å²) < 4.78 is 26.6. The van der Waals surface area contributed by atoms with Gasteiger partial charge in [0.2, 0.25) is 0 Å². The Balaban J connectivity index is 1.86. The van der Waals surface area contributed by atoms with E-state index in [-0.39, 0.29) is 17.5 Å². The first kappa shape index (κ1) is 15.4. The van der Waals surface area contributed by atoms with Crippen molar-refractivity contribution in [2.24, 2.45) is 5.92 Å². The largest absolute Gasteiger partial charge is 0.378 e. The van der Waals surface area contributed by atoms with Crippen LogP contribution in [-0.2, 0) is 9.47 Å². The molecule has 0 radical (unpaired) electrons. The highest BCUT2D eigenvalue weighted by molar-refractivity contribution is 9.10. The van der Waals surface area contributed by atoms with Crippen LogP contribution in [0, 0.1) is 11.7 Å². The Bertz CT molecular complexity index is 485. The summed E-state index contributed by atoms with van der Waals surface area (Å²) in [6.45, 7) is 2.15. The van der Waals surface area contributed by atoms with E-state index < -0.39 is 0 Å². The van der Waals surface area contributed by atoms with Crippen molar-refractivity contribution in [3.8, 4) is 0 Å². The average molecular weight is 358 g/mol. The Morgan fingerprint density at radius 2 is 2.29 bits per heavy atom. The zero-order valence-electron chi connectivity index (χ0n) is 12.2. The van der Waals surface area contributed by atoms with Crippen LogP contribution in [0.5, 0.6) is 0 Å². The van der Waals surface area contributed by atoms with E-state index in [1.807, 2.05) is 13.1 Å². The smallest absolute Gasteiger partial charge is 0.129 e. The zero-order chi connectivity index (χ0) is 14.9. The molecule has 2 aliphatic heterocycles. The average Bonchev–Trinajstić information content (AvgIpc) is 2.91. The van der Waals surface area contributed by atoms with E-state index in [9.17, 15) is 4.39 Å². The van der Waals surface area contributed by atoms with Crippen LogP contribution in [0.4, 0.5) is 4.39 Å². The molecule has 0 aromatic heterocycles. The number of hydrogen-bond acceptors (Lipinski definition) is 3. The maximum Gasteiger partial charge on any atom is 0.129 e. The molecule has 116 valence electrons. The fourth-order valence-corrected chi connectivity index (χ4v) is 4.23. The van der Waals surface area contributed by atoms with E-state index in [4.69, 9.17) is 9.47 Å². The summed E-state index contributed by atoms with van der Waals surface area (Å²) in [5.74, 6) is 0.186. The summed E-state index contributed by atoms with van der Waals surface area (Å²) in [5.41, 5.74) is 0.566. The number of rotatable bonds is 3. The second kappa shape index (κ2) is 6.32. The predicted octanol–water partition coefficient (Wildman–Crippen LogP) is 3.43. The Labute approximate surface area is 133 Å². The summed E-state index contributed by atoms with van der Waals surface area (Å²) >= 11 is 3.49. The van der Waals surface area contributed by atoms with E-state index in [0.717, 1.165) is 42.5 Å². The van der Waals surface area contributed by atoms with Gasteiger partial charge >= 0.3 is 0 Å². The van der Waals surface area contributed by atoms with Crippen LogP contribution >= 0.6 is 15.9 Å². The van der Waals surface area contributed by atoms with Crippen molar-refractivity contribution >= 4 is 15.9 Å². The second-order valence-corrected chi connectivity index (χ2v) is 6.84. The lowest BCUT2D eigenvalue weighted by Gasteiger charge is -2.40. The molecule has 1 aromatic rings. The summed E-state index contributed by atoms with van der Waals surface area (Å²) in [6.07, 6.45) is 2.80. The topological polar surface area (TPSA) is 30.5 Å². The van der Waals surface area contributed by atoms with Crippen LogP contribution in [-0.4, -0.2) is 32.5 Å². The first-order valence-corrected chi connectivity index (χ1v) is 8.27. The van der Waals surface area contributed by atoms with Gasteiger partial charge in [0.1, 0.15) is 5.82 Å². The Hall–Kier alpha value is -0.490. The monoisotopic (exact) mass is 357 g/mol. The van der Waals surface area contributed by atoms with Gasteiger partial charge in [-0.15, -0.1) is 0 Å². The van der Waals surface area contributed by atoms with Crippen molar-refractivity contribution in [2.75, 3.05) is 26.9 Å². The molecule has 2 aliphatic rings. The van der Waals surface area contributed by atoms with E-state index in [1.165, 1.54) is 6.07 Å². The van der Waals surface area contributed by atoms with Crippen molar-refractivity contribution in [2.45, 2.75) is 30.9 Å². The fraction of sp³-hybridized carbons (Fsp3) is 0.625. The molecular weight excluding hydrogens is 337 g/mol. The Morgan fingerprint density at radius 1 is 1.43 bits per heavy atom. The minimum atomic E-state index is -0.160. The van der Waals surface area contributed by atoms with Crippen molar-refractivity contribution < 1.29 is 13.9 Å². The lowest BCUT2D eigenvalue weighted by molar-refractivity contribution is -0.103. The zero-order valence-corrected chi connectivity index (χ0v) is 13.8. The van der Waals surface area contributed by atoms with Gasteiger partial charge in [0.05, 0.1) is 12.2 Å². The highest BCUT2D eigenvalue weighted by atomic mass is 79.9. The molecule has 1 aromatic carbocycles. The summed E-state index contributed by atoms with van der Waals surface area (Å²) in [6, 6.07) is 5.14. The molecular formula is C16H21BrFNO2. The van der Waals surface area contributed by atoms with Gasteiger partial charge in [-0.1, -0.05) is 22.0 Å². The van der Waals surface area contributed by atoms with Crippen LogP contribution in [0.15, 0.2) is 22.7 Å². The minimum absolute atomic E-state index is 0.0121. The van der Waals surface area contributed by atoms with E-state index >= 15 is 0 Å². The van der Waals surface area contributed by atoms with Gasteiger partial charge in [0.25, 0.3) is 0 Å². The molecule has 3 atom stereocenters. The van der Waals surface area contributed by atoms with Gasteiger partial charge in [-0.05, 0) is 37.9 Å². The lowest BCUT2D eigenvalue weighted by Crippen LogP contribution is -2.43. The molecule has 0 aliphatic carbocycles. The fourth-order valence-electron chi connectivity index (χ4n) is 3.64. The molecule has 0 bridgehead atoms. The molecule has 3 nitrogen and oxygen atoms in total. The maximum absolute atomic E-state index is 14.3. The van der Waals surface area contributed by atoms with Gasteiger partial charge in [0.15, 0.2) is 0 Å². The minimum Gasteiger partial charge on any atom is -0.378 e. The van der Waals surface area contributed by atoms with Crippen LogP contribution < -0.4 is 5.32 Å². The van der Waals surface area contributed by atoms with Gasteiger partial charge in [-0.2, -0.15) is 0 Å². The van der Waals surface area contributed by atoms with E-state index in [0.29, 0.717) is 12.5 Å². The Kier molecular flexibility index (Phi) is 4.64. The quantitative estimate of drug-likeness (QED) is 0.898. The summed E-state index contributed by atoms with van der Waals surface area (Å²) in [7, 11) is 1.90. The molecule has 0 saturated carbocycles. The third kappa shape index (κ3) is 3.02. The molecule has 3 rings (SSSR count).